The van der Waals surface area contributed by atoms with Gasteiger partial charge in [0.05, 0.1) is 0 Å². The van der Waals surface area contributed by atoms with Gasteiger partial charge >= 0.3 is 0 Å². The molecule has 0 unspecified atom stereocenters. The van der Waals surface area contributed by atoms with Crippen LogP contribution in [0.25, 0.3) is 77.2 Å². The van der Waals surface area contributed by atoms with E-state index in [1.54, 1.807) is 0 Å². The normalized spacial score (nSPS) is 11.3. The van der Waals surface area contributed by atoms with Gasteiger partial charge in [0.25, 0.3) is 0 Å². The maximum Gasteiger partial charge on any atom is 0.136 e. The molecule has 0 amide bonds. The van der Waals surface area contributed by atoms with E-state index in [2.05, 4.69) is 217 Å². The van der Waals surface area contributed by atoms with Crippen LogP contribution in [0.4, 0.5) is 17.1 Å². The summed E-state index contributed by atoms with van der Waals surface area (Å²) < 4.78 is 6.61. The van der Waals surface area contributed by atoms with Crippen molar-refractivity contribution in [2.45, 2.75) is 0 Å². The number of hydrogen-bond donors (Lipinski definition) is 0. The van der Waals surface area contributed by atoms with Gasteiger partial charge in [0.2, 0.25) is 0 Å². The monoisotopic (exact) mass is 689 g/mol. The fraction of sp³-hybridized carbons (Fsp3) is 0. The molecule has 54 heavy (non-hydrogen) atoms. The second-order valence-electron chi connectivity index (χ2n) is 13.7. The molecule has 0 radical (unpaired) electrons. The van der Waals surface area contributed by atoms with Gasteiger partial charge in [-0.1, -0.05) is 158 Å². The number of benzene rings is 9. The van der Waals surface area contributed by atoms with Gasteiger partial charge in [-0.25, -0.2) is 0 Å². The first-order chi connectivity index (χ1) is 26.8. The third-order valence-electron chi connectivity index (χ3n) is 10.5. The van der Waals surface area contributed by atoms with Crippen molar-refractivity contribution in [1.82, 2.24) is 0 Å². The smallest absolute Gasteiger partial charge is 0.136 e. The van der Waals surface area contributed by atoms with Crippen molar-refractivity contribution in [2.24, 2.45) is 0 Å². The molecule has 0 aliphatic carbocycles. The van der Waals surface area contributed by atoms with E-state index >= 15 is 0 Å². The highest BCUT2D eigenvalue weighted by molar-refractivity contribution is 6.22. The molecule has 0 saturated carbocycles. The molecule has 0 N–H and O–H groups in total. The molecule has 9 aromatic carbocycles. The van der Waals surface area contributed by atoms with Crippen molar-refractivity contribution in [1.29, 1.82) is 0 Å². The second-order valence-corrected chi connectivity index (χ2v) is 13.7. The Morgan fingerprint density at radius 3 is 1.46 bits per heavy atom. The van der Waals surface area contributed by atoms with Crippen molar-refractivity contribution in [2.75, 3.05) is 4.90 Å². The van der Waals surface area contributed by atoms with Crippen molar-refractivity contribution >= 4 is 49.8 Å². The second kappa shape index (κ2) is 13.4. The number of anilines is 3. The molecule has 0 atom stereocenters. The van der Waals surface area contributed by atoms with Gasteiger partial charge in [0.15, 0.2) is 0 Å². The topological polar surface area (TPSA) is 16.4 Å². The number of para-hydroxylation sites is 1. The molecule has 10 aromatic rings. The maximum absolute atomic E-state index is 6.61. The summed E-state index contributed by atoms with van der Waals surface area (Å²) in [6, 6.07) is 75.6. The average Bonchev–Trinajstić information content (AvgIpc) is 3.63. The van der Waals surface area contributed by atoms with E-state index in [1.165, 1.54) is 38.4 Å². The third-order valence-corrected chi connectivity index (χ3v) is 10.5. The van der Waals surface area contributed by atoms with E-state index in [4.69, 9.17) is 4.42 Å². The molecule has 0 aliphatic heterocycles. The zero-order valence-electron chi connectivity index (χ0n) is 29.6. The van der Waals surface area contributed by atoms with Crippen LogP contribution in [-0.2, 0) is 0 Å². The van der Waals surface area contributed by atoms with Crippen molar-refractivity contribution < 1.29 is 4.42 Å². The summed E-state index contributed by atoms with van der Waals surface area (Å²) in [6.07, 6.45) is 0. The standard InChI is InChI=1S/C52H35NO/c1-4-13-36(14-5-1)37-27-30-44(31-28-37)53(43-18-8-3-9-19-43)45-20-12-17-41(33-45)38-23-25-39(26-24-38)42-29-32-48-50(34-42)54-51-35-49(40-15-6-2-7-16-40)46-21-10-11-22-47(46)52(48)51/h1-35H. The summed E-state index contributed by atoms with van der Waals surface area (Å²) in [7, 11) is 0. The lowest BCUT2D eigenvalue weighted by molar-refractivity contribution is 0.669. The first-order valence-electron chi connectivity index (χ1n) is 18.4. The van der Waals surface area contributed by atoms with E-state index in [9.17, 15) is 0 Å². The average molecular weight is 690 g/mol. The molecule has 0 bridgehead atoms. The van der Waals surface area contributed by atoms with E-state index < -0.39 is 0 Å². The minimum atomic E-state index is 0.896. The fourth-order valence-electron chi connectivity index (χ4n) is 7.81. The molecular weight excluding hydrogens is 655 g/mol. The van der Waals surface area contributed by atoms with Crippen LogP contribution in [0.2, 0.25) is 0 Å². The van der Waals surface area contributed by atoms with Gasteiger partial charge < -0.3 is 9.32 Å². The van der Waals surface area contributed by atoms with E-state index in [0.717, 1.165) is 55.9 Å². The Bertz CT molecular complexity index is 2890. The van der Waals surface area contributed by atoms with E-state index in [1.807, 2.05) is 0 Å². The summed E-state index contributed by atoms with van der Waals surface area (Å²) in [5.74, 6) is 0. The van der Waals surface area contributed by atoms with Crippen LogP contribution >= 0.6 is 0 Å². The van der Waals surface area contributed by atoms with Gasteiger partial charge in [0.1, 0.15) is 11.2 Å². The zero-order valence-corrected chi connectivity index (χ0v) is 29.6. The van der Waals surface area contributed by atoms with Gasteiger partial charge in [-0.2, -0.15) is 0 Å². The predicted octanol–water partition coefficient (Wildman–Crippen LogP) is 14.9. The van der Waals surface area contributed by atoms with Crippen LogP contribution in [0.15, 0.2) is 217 Å². The van der Waals surface area contributed by atoms with Crippen molar-refractivity contribution in [3.63, 3.8) is 0 Å². The number of furan rings is 1. The van der Waals surface area contributed by atoms with Crippen molar-refractivity contribution in [3.05, 3.63) is 212 Å². The molecule has 0 fully saturated rings. The fourth-order valence-corrected chi connectivity index (χ4v) is 7.81. The molecule has 2 heteroatoms. The lowest BCUT2D eigenvalue weighted by atomic mass is 9.94. The third kappa shape index (κ3) is 5.71. The van der Waals surface area contributed by atoms with Gasteiger partial charge in [0, 0.05) is 27.8 Å². The first kappa shape index (κ1) is 31.6. The Kier molecular flexibility index (Phi) is 7.85. The van der Waals surface area contributed by atoms with Gasteiger partial charge in [-0.15, -0.1) is 0 Å². The molecule has 10 rings (SSSR count). The lowest BCUT2D eigenvalue weighted by Crippen LogP contribution is -2.09. The largest absolute Gasteiger partial charge is 0.456 e. The number of rotatable bonds is 7. The molecule has 1 heterocycles. The molecule has 1 aromatic heterocycles. The molecule has 2 nitrogen and oxygen atoms in total. The van der Waals surface area contributed by atoms with Crippen LogP contribution in [0.1, 0.15) is 0 Å². The highest BCUT2D eigenvalue weighted by atomic mass is 16.3. The molecular formula is C52H35NO. The van der Waals surface area contributed by atoms with Crippen LogP contribution < -0.4 is 4.90 Å². The Morgan fingerprint density at radius 2 is 0.759 bits per heavy atom. The first-order valence-corrected chi connectivity index (χ1v) is 18.4. The summed E-state index contributed by atoms with van der Waals surface area (Å²) in [4.78, 5) is 2.32. The van der Waals surface area contributed by atoms with Crippen LogP contribution in [0.5, 0.6) is 0 Å². The Balaban J connectivity index is 0.982. The minimum absolute atomic E-state index is 0.896. The molecule has 0 saturated heterocycles. The lowest BCUT2D eigenvalue weighted by Gasteiger charge is -2.26. The highest BCUT2D eigenvalue weighted by Gasteiger charge is 2.17. The maximum atomic E-state index is 6.61. The summed E-state index contributed by atoms with van der Waals surface area (Å²) in [6.45, 7) is 0. The Labute approximate surface area is 314 Å². The highest BCUT2D eigenvalue weighted by Crippen LogP contribution is 2.42. The minimum Gasteiger partial charge on any atom is -0.456 e. The summed E-state index contributed by atoms with van der Waals surface area (Å²) in [5.41, 5.74) is 14.5. The Hall–Kier alpha value is -7.16. The van der Waals surface area contributed by atoms with Crippen molar-refractivity contribution in [3.8, 4) is 44.5 Å². The van der Waals surface area contributed by atoms with Crippen LogP contribution in [-0.4, -0.2) is 0 Å². The molecule has 0 spiro atoms. The number of hydrogen-bond acceptors (Lipinski definition) is 2. The van der Waals surface area contributed by atoms with Crippen LogP contribution in [0, 0.1) is 0 Å². The van der Waals surface area contributed by atoms with E-state index in [-0.39, 0.29) is 0 Å². The number of fused-ring (bicyclic) bond motifs is 5. The SMILES string of the molecule is c1ccc(-c2ccc(N(c3ccccc3)c3cccc(-c4ccc(-c5ccc6c(c5)oc5cc(-c7ccccc7)c7ccccc7c56)cc4)c3)cc2)cc1. The van der Waals surface area contributed by atoms with E-state index in [0.29, 0.717) is 0 Å². The van der Waals surface area contributed by atoms with Gasteiger partial charge in [-0.3, -0.25) is 0 Å². The quantitative estimate of drug-likeness (QED) is 0.166. The zero-order chi connectivity index (χ0) is 35.8. The molecule has 0 aliphatic rings. The summed E-state index contributed by atoms with van der Waals surface area (Å²) >= 11 is 0. The Morgan fingerprint density at radius 1 is 0.278 bits per heavy atom. The van der Waals surface area contributed by atoms with Gasteiger partial charge in [-0.05, 0) is 110 Å². The number of nitrogens with zero attached hydrogens (tertiary/aromatic N) is 1. The van der Waals surface area contributed by atoms with Crippen LogP contribution in [0.3, 0.4) is 0 Å². The summed E-state index contributed by atoms with van der Waals surface area (Å²) in [5, 5.41) is 4.74. The predicted molar refractivity (Wildman–Crippen MR) is 228 cm³/mol. The molecule has 254 valence electrons.